The number of hydrogen-bond donors (Lipinski definition) is 1. The van der Waals surface area contributed by atoms with E-state index in [0.717, 1.165) is 14.7 Å². The smallest absolute Gasteiger partial charge is 0.335 e. The maximum atomic E-state index is 12.9. The van der Waals surface area contributed by atoms with Gasteiger partial charge in [0.1, 0.15) is 6.61 Å². The number of hydrogen-bond acceptors (Lipinski definition) is 6. The molecule has 1 saturated heterocycles. The van der Waals surface area contributed by atoms with Gasteiger partial charge in [0.15, 0.2) is 16.7 Å². The highest BCUT2D eigenvalue weighted by atomic mass is 127. The van der Waals surface area contributed by atoms with Gasteiger partial charge in [-0.2, -0.15) is 0 Å². The summed E-state index contributed by atoms with van der Waals surface area (Å²) in [5.41, 5.74) is 2.53. The third kappa shape index (κ3) is 6.11. The van der Waals surface area contributed by atoms with E-state index in [1.807, 2.05) is 36.4 Å². The van der Waals surface area contributed by atoms with E-state index in [-0.39, 0.29) is 11.5 Å². The fourth-order valence-electron chi connectivity index (χ4n) is 3.29. The van der Waals surface area contributed by atoms with E-state index in [2.05, 4.69) is 43.5 Å². The molecule has 1 N–H and O–H groups in total. The van der Waals surface area contributed by atoms with Crippen LogP contribution in [0.25, 0.3) is 6.08 Å². The molecule has 184 valence electrons. The van der Waals surface area contributed by atoms with E-state index in [0.29, 0.717) is 38.3 Å². The molecule has 0 bridgehead atoms. The number of thioether (sulfide) groups is 1. The first-order chi connectivity index (χ1) is 17.2. The van der Waals surface area contributed by atoms with Crippen LogP contribution in [-0.4, -0.2) is 41.2 Å². The SMILES string of the molecule is COc1cc(/C=C2\SC(=Nc3ccc(C(=O)O)cc3)N(C)C2=O)cc(Br)c1OCc1ccc(I)cc1. The number of aromatic carboxylic acids is 1. The molecule has 1 heterocycles. The summed E-state index contributed by atoms with van der Waals surface area (Å²) in [6.45, 7) is 0.388. The molecule has 10 heteroatoms. The molecule has 1 fully saturated rings. The minimum Gasteiger partial charge on any atom is -0.493 e. The second kappa shape index (κ2) is 11.5. The van der Waals surface area contributed by atoms with Gasteiger partial charge in [-0.3, -0.25) is 9.69 Å². The van der Waals surface area contributed by atoms with Gasteiger partial charge >= 0.3 is 5.97 Å². The summed E-state index contributed by atoms with van der Waals surface area (Å²) in [5, 5.41) is 9.55. The fourth-order valence-corrected chi connectivity index (χ4v) is 5.21. The van der Waals surface area contributed by atoms with Gasteiger partial charge in [-0.1, -0.05) is 12.1 Å². The molecule has 7 nitrogen and oxygen atoms in total. The minimum absolute atomic E-state index is 0.175. The van der Waals surface area contributed by atoms with Crippen LogP contribution < -0.4 is 9.47 Å². The van der Waals surface area contributed by atoms with E-state index < -0.39 is 5.97 Å². The molecule has 3 aromatic carbocycles. The predicted octanol–water partition coefficient (Wildman–Crippen LogP) is 6.57. The van der Waals surface area contributed by atoms with Crippen molar-refractivity contribution in [1.82, 2.24) is 4.90 Å². The molecule has 0 radical (unpaired) electrons. The van der Waals surface area contributed by atoms with Crippen LogP contribution in [0.1, 0.15) is 21.5 Å². The van der Waals surface area contributed by atoms with Crippen molar-refractivity contribution in [3.63, 3.8) is 0 Å². The third-order valence-corrected chi connectivity index (χ3v) is 7.56. The molecule has 1 aliphatic rings. The van der Waals surface area contributed by atoms with Crippen LogP contribution in [0, 0.1) is 3.57 Å². The Hall–Kier alpha value is -2.83. The monoisotopic (exact) mass is 678 g/mol. The lowest BCUT2D eigenvalue weighted by Crippen LogP contribution is -2.23. The summed E-state index contributed by atoms with van der Waals surface area (Å²) in [4.78, 5) is 30.4. The van der Waals surface area contributed by atoms with Gasteiger partial charge in [0, 0.05) is 10.6 Å². The normalized spacial score (nSPS) is 15.6. The Bertz CT molecular complexity index is 1370. The van der Waals surface area contributed by atoms with E-state index >= 15 is 0 Å². The first kappa shape index (κ1) is 26.2. The molecule has 0 atom stereocenters. The van der Waals surface area contributed by atoms with Crippen molar-refractivity contribution in [2.75, 3.05) is 14.2 Å². The van der Waals surface area contributed by atoms with Crippen molar-refractivity contribution in [3.05, 3.63) is 90.3 Å². The highest BCUT2D eigenvalue weighted by molar-refractivity contribution is 14.1. The first-order valence-electron chi connectivity index (χ1n) is 10.6. The van der Waals surface area contributed by atoms with Gasteiger partial charge in [0.2, 0.25) is 0 Å². The maximum absolute atomic E-state index is 12.9. The molecule has 1 aliphatic heterocycles. The molecule has 0 spiro atoms. The van der Waals surface area contributed by atoms with Gasteiger partial charge in [0.25, 0.3) is 5.91 Å². The highest BCUT2D eigenvalue weighted by Gasteiger charge is 2.30. The summed E-state index contributed by atoms with van der Waals surface area (Å²) in [6, 6.07) is 17.9. The van der Waals surface area contributed by atoms with Crippen molar-refractivity contribution < 1.29 is 24.2 Å². The van der Waals surface area contributed by atoms with Gasteiger partial charge in [0.05, 0.1) is 27.7 Å². The summed E-state index contributed by atoms with van der Waals surface area (Å²) in [6.07, 6.45) is 1.77. The maximum Gasteiger partial charge on any atom is 0.335 e. The topological polar surface area (TPSA) is 88.4 Å². The number of carboxylic acids is 1. The number of amides is 1. The quantitative estimate of drug-likeness (QED) is 0.225. The number of carbonyl (C=O) groups excluding carboxylic acids is 1. The molecule has 3 aromatic rings. The minimum atomic E-state index is -1.00. The first-order valence-corrected chi connectivity index (χ1v) is 13.3. The van der Waals surface area contributed by atoms with Crippen LogP contribution in [0.5, 0.6) is 11.5 Å². The lowest BCUT2D eigenvalue weighted by atomic mass is 10.1. The van der Waals surface area contributed by atoms with Crippen molar-refractivity contribution in [3.8, 4) is 11.5 Å². The van der Waals surface area contributed by atoms with E-state index in [1.54, 1.807) is 32.4 Å². The van der Waals surface area contributed by atoms with E-state index in [4.69, 9.17) is 14.6 Å². The van der Waals surface area contributed by atoms with Crippen molar-refractivity contribution in [1.29, 1.82) is 0 Å². The number of likely N-dealkylation sites (N-methyl/N-ethyl adjacent to an activating group) is 1. The fraction of sp³-hybridized carbons (Fsp3) is 0.115. The second-order valence-corrected chi connectivity index (χ2v) is 10.8. The summed E-state index contributed by atoms with van der Waals surface area (Å²) < 4.78 is 13.4. The summed E-state index contributed by atoms with van der Waals surface area (Å²) >= 11 is 7.07. The van der Waals surface area contributed by atoms with Crippen LogP contribution in [0.4, 0.5) is 5.69 Å². The average Bonchev–Trinajstić information content (AvgIpc) is 3.12. The van der Waals surface area contributed by atoms with Gasteiger partial charge in [-0.15, -0.1) is 0 Å². The number of aliphatic imine (C=N–C) groups is 1. The number of halogens is 2. The molecule has 36 heavy (non-hydrogen) atoms. The molecule has 0 saturated carbocycles. The molecule has 0 aromatic heterocycles. The van der Waals surface area contributed by atoms with E-state index in [9.17, 15) is 9.59 Å². The standard InChI is InChI=1S/C26H20BrIN2O5S/c1-30-24(31)22(36-26(30)29-19-9-5-17(6-10-19)25(32)33)13-16-11-20(27)23(21(12-16)34-2)35-14-15-3-7-18(28)8-4-15/h3-13H,14H2,1-2H3,(H,32,33)/b22-13-,29-26?. The predicted molar refractivity (Wildman–Crippen MR) is 153 cm³/mol. The number of carbonyl (C=O) groups is 2. The van der Waals surface area contributed by atoms with E-state index in [1.165, 1.54) is 28.8 Å². The molecule has 1 amide bonds. The van der Waals surface area contributed by atoms with Crippen LogP contribution in [-0.2, 0) is 11.4 Å². The Morgan fingerprint density at radius 1 is 1.17 bits per heavy atom. The lowest BCUT2D eigenvalue weighted by Gasteiger charge is -2.14. The van der Waals surface area contributed by atoms with Crippen LogP contribution in [0.2, 0.25) is 0 Å². The number of amidine groups is 1. The lowest BCUT2D eigenvalue weighted by molar-refractivity contribution is -0.121. The van der Waals surface area contributed by atoms with Crippen LogP contribution in [0.3, 0.4) is 0 Å². The van der Waals surface area contributed by atoms with Crippen molar-refractivity contribution in [2.45, 2.75) is 6.61 Å². The number of carboxylic acid groups (broad SMARTS) is 1. The summed E-state index contributed by atoms with van der Waals surface area (Å²) in [5.74, 6) is -0.0735. The highest BCUT2D eigenvalue weighted by Crippen LogP contribution is 2.39. The van der Waals surface area contributed by atoms with Crippen LogP contribution >= 0.6 is 50.3 Å². The third-order valence-electron chi connectivity index (χ3n) is 5.19. The summed E-state index contributed by atoms with van der Waals surface area (Å²) in [7, 11) is 3.22. The van der Waals surface area contributed by atoms with Crippen molar-refractivity contribution in [2.24, 2.45) is 4.99 Å². The molecular formula is C26H20BrIN2O5S. The molecule has 4 rings (SSSR count). The zero-order valence-electron chi connectivity index (χ0n) is 19.2. The Labute approximate surface area is 234 Å². The Balaban J connectivity index is 1.55. The Morgan fingerprint density at radius 2 is 1.86 bits per heavy atom. The largest absolute Gasteiger partial charge is 0.493 e. The molecule has 0 unspecified atom stereocenters. The number of rotatable bonds is 7. The zero-order chi connectivity index (χ0) is 25.8. The van der Waals surface area contributed by atoms with Gasteiger partial charge < -0.3 is 14.6 Å². The Morgan fingerprint density at radius 3 is 2.50 bits per heavy atom. The Kier molecular flexibility index (Phi) is 8.37. The van der Waals surface area contributed by atoms with Crippen molar-refractivity contribution >= 4 is 79.1 Å². The number of nitrogens with zero attached hydrogens (tertiary/aromatic N) is 2. The second-order valence-electron chi connectivity index (χ2n) is 7.67. The average molecular weight is 679 g/mol. The molecular weight excluding hydrogens is 659 g/mol. The zero-order valence-corrected chi connectivity index (χ0v) is 23.8. The number of methoxy groups -OCH3 is 1. The number of ether oxygens (including phenoxy) is 2. The van der Waals surface area contributed by atoms with Crippen LogP contribution in [0.15, 0.2) is 75.0 Å². The van der Waals surface area contributed by atoms with Gasteiger partial charge in [-0.25, -0.2) is 9.79 Å². The van der Waals surface area contributed by atoms with Gasteiger partial charge in [-0.05, 0) is 116 Å². The number of benzene rings is 3. The molecule has 0 aliphatic carbocycles.